The van der Waals surface area contributed by atoms with Crippen molar-refractivity contribution in [1.29, 1.82) is 0 Å². The molecule has 0 radical (unpaired) electrons. The Morgan fingerprint density at radius 3 is 1.20 bits per heavy atom. The van der Waals surface area contributed by atoms with Crippen molar-refractivity contribution < 1.29 is 17.7 Å². The van der Waals surface area contributed by atoms with E-state index >= 15 is 0 Å². The fourth-order valence-electron chi connectivity index (χ4n) is 12.5. The minimum absolute atomic E-state index is 0.129. The van der Waals surface area contributed by atoms with E-state index in [1.807, 2.05) is 24.3 Å². The molecule has 0 unspecified atom stereocenters. The first kappa shape index (κ1) is 48.0. The van der Waals surface area contributed by atoms with Crippen molar-refractivity contribution in [2.45, 2.75) is 72.1 Å². The molecule has 0 atom stereocenters. The number of hydrogen-bond acceptors (Lipinski definition) is 6. The fourth-order valence-corrected chi connectivity index (χ4v) is 12.5. The zero-order valence-corrected chi connectivity index (χ0v) is 46.3. The number of para-hydroxylation sites is 2. The Bertz CT molecular complexity index is 4260. The fraction of sp³-hybridized carbons (Fsp3) is 0.151. The summed E-state index contributed by atoms with van der Waals surface area (Å²) in [6.45, 7) is 18.1. The number of anilines is 6. The summed E-state index contributed by atoms with van der Waals surface area (Å²) in [6.07, 6.45) is 0. The molecule has 6 heterocycles. The van der Waals surface area contributed by atoms with Crippen molar-refractivity contribution in [1.82, 2.24) is 0 Å². The third-order valence-corrected chi connectivity index (χ3v) is 16.8. The molecule has 0 fully saturated rings. The largest absolute Gasteiger partial charge is 0.456 e. The average molecular weight is 1040 g/mol. The highest BCUT2D eigenvalue weighted by Gasteiger charge is 2.50. The van der Waals surface area contributed by atoms with Gasteiger partial charge in [-0.3, -0.25) is 9.80 Å². The van der Waals surface area contributed by atoms with E-state index in [4.69, 9.17) is 17.7 Å². The molecule has 0 aliphatic carbocycles. The summed E-state index contributed by atoms with van der Waals surface area (Å²) in [5.74, 6) is 3.38. The molecule has 0 bridgehead atoms. The Hall–Kier alpha value is -9.20. The van der Waals surface area contributed by atoms with Crippen LogP contribution in [0.25, 0.3) is 88.8 Å². The van der Waals surface area contributed by atoms with Crippen molar-refractivity contribution >= 4 is 101 Å². The smallest absolute Gasteiger partial charge is 0.262 e. The van der Waals surface area contributed by atoms with Gasteiger partial charge in [-0.2, -0.15) is 0 Å². The highest BCUT2D eigenvalue weighted by atomic mass is 16.4. The van der Waals surface area contributed by atoms with Crippen LogP contribution in [0.5, 0.6) is 0 Å². The first-order valence-electron chi connectivity index (χ1n) is 28.0. The maximum absolute atomic E-state index is 7.53. The molecule has 388 valence electrons. The summed E-state index contributed by atoms with van der Waals surface area (Å²) in [5, 5.41) is 4.32. The Morgan fingerprint density at radius 1 is 0.362 bits per heavy atom. The minimum atomic E-state index is -0.295. The molecular formula is C73H59BN2O4. The second-order valence-corrected chi connectivity index (χ2v) is 24.3. The standard InChI is InChI=1S/C73H59BN2O4/c1-43(2)50-37-59-69-60(38-50)76(58-32-28-49(36-54(58)45-21-13-10-14-22-45)66-40-47-24-16-18-26-62(47)78-66)71-68(56-42-52(73(6,7)8)30-34-64(56)80-71)74(69)67-55-41-51(72(3,4)5)29-33-63(55)79-70(67)75(59)57-31-27-48(35-53(57)44-19-11-9-12-20-44)65-39-46-23-15-17-25-61(46)77-65/h9-43H,1-8H3. The van der Waals surface area contributed by atoms with Gasteiger partial charge in [0.2, 0.25) is 11.8 Å². The van der Waals surface area contributed by atoms with Crippen LogP contribution in [-0.4, -0.2) is 6.71 Å². The van der Waals surface area contributed by atoms with Crippen LogP contribution >= 0.6 is 0 Å². The van der Waals surface area contributed by atoms with E-state index in [0.717, 1.165) is 134 Å². The van der Waals surface area contributed by atoms with Gasteiger partial charge >= 0.3 is 0 Å². The van der Waals surface area contributed by atoms with Gasteiger partial charge in [0, 0.05) is 66.1 Å². The van der Waals surface area contributed by atoms with Crippen LogP contribution in [0.4, 0.5) is 34.5 Å². The molecule has 0 saturated carbocycles. The number of benzene rings is 9. The van der Waals surface area contributed by atoms with Gasteiger partial charge in [-0.15, -0.1) is 0 Å². The first-order chi connectivity index (χ1) is 38.7. The van der Waals surface area contributed by atoms with Crippen LogP contribution < -0.4 is 26.2 Å². The zero-order chi connectivity index (χ0) is 54.3. The van der Waals surface area contributed by atoms with E-state index in [2.05, 4.69) is 247 Å². The highest BCUT2D eigenvalue weighted by Crippen LogP contribution is 2.53. The maximum Gasteiger partial charge on any atom is 0.262 e. The van der Waals surface area contributed by atoms with E-state index in [-0.39, 0.29) is 23.5 Å². The lowest BCUT2D eigenvalue weighted by Gasteiger charge is -2.42. The van der Waals surface area contributed by atoms with Gasteiger partial charge in [-0.1, -0.05) is 165 Å². The molecule has 6 nitrogen and oxygen atoms in total. The number of rotatable bonds is 7. The Balaban J connectivity index is 1.07. The summed E-state index contributed by atoms with van der Waals surface area (Å²) >= 11 is 0. The summed E-state index contributed by atoms with van der Waals surface area (Å²) in [5.41, 5.74) is 20.6. The molecule has 15 rings (SSSR count). The second-order valence-electron chi connectivity index (χ2n) is 24.3. The molecule has 0 spiro atoms. The SMILES string of the molecule is CC(C)c1cc2c3c(c1)N(c1ccc(-c4cc5ccccc5o4)cc1-c1ccccc1)c1oc4ccc(C(C)(C)C)cc4c1B3c1c(oc3ccc(C(C)(C)C)cc13)N2c1ccc(-c2cc3ccccc3o2)cc1-c1ccccc1. The van der Waals surface area contributed by atoms with Gasteiger partial charge in [-0.05, 0) is 147 Å². The van der Waals surface area contributed by atoms with Crippen LogP contribution in [0.2, 0.25) is 0 Å². The molecule has 7 heteroatoms. The highest BCUT2D eigenvalue weighted by molar-refractivity contribution is 7.02. The van der Waals surface area contributed by atoms with Gasteiger partial charge in [0.25, 0.3) is 6.71 Å². The lowest BCUT2D eigenvalue weighted by molar-refractivity contribution is 0.589. The summed E-state index contributed by atoms with van der Waals surface area (Å²) in [7, 11) is 0. The molecule has 0 amide bonds. The Labute approximate surface area is 466 Å². The van der Waals surface area contributed by atoms with E-state index in [1.165, 1.54) is 22.2 Å². The summed E-state index contributed by atoms with van der Waals surface area (Å²) in [6, 6.07) is 74.4. The monoisotopic (exact) mass is 1040 g/mol. The van der Waals surface area contributed by atoms with Crippen LogP contribution in [0.3, 0.4) is 0 Å². The molecule has 9 aromatic carbocycles. The number of furan rings is 4. The number of fused-ring (bicyclic) bond motifs is 10. The number of nitrogens with zero attached hydrogens (tertiary/aromatic N) is 2. The molecule has 0 saturated heterocycles. The van der Waals surface area contributed by atoms with Gasteiger partial charge in [0.1, 0.15) is 33.9 Å². The van der Waals surface area contributed by atoms with Crippen molar-refractivity contribution in [2.24, 2.45) is 0 Å². The van der Waals surface area contributed by atoms with E-state index in [9.17, 15) is 0 Å². The molecule has 80 heavy (non-hydrogen) atoms. The van der Waals surface area contributed by atoms with Gasteiger partial charge < -0.3 is 17.7 Å². The summed E-state index contributed by atoms with van der Waals surface area (Å²) < 4.78 is 28.2. The molecule has 4 aromatic heterocycles. The van der Waals surface area contributed by atoms with Crippen LogP contribution in [-0.2, 0) is 10.8 Å². The number of hydrogen-bond donors (Lipinski definition) is 0. The van der Waals surface area contributed by atoms with Crippen molar-refractivity contribution in [3.05, 3.63) is 223 Å². The van der Waals surface area contributed by atoms with Crippen molar-refractivity contribution in [3.8, 4) is 44.9 Å². The van der Waals surface area contributed by atoms with Gasteiger partial charge in [0.15, 0.2) is 0 Å². The quantitative estimate of drug-likeness (QED) is 0.148. The van der Waals surface area contributed by atoms with Gasteiger partial charge in [-0.25, -0.2) is 0 Å². The molecule has 13 aromatic rings. The minimum Gasteiger partial charge on any atom is -0.456 e. The molecular weight excluding hydrogens is 980 g/mol. The average Bonchev–Trinajstić information content (AvgIpc) is 2.40. The van der Waals surface area contributed by atoms with Crippen LogP contribution in [0.1, 0.15) is 78.0 Å². The zero-order valence-electron chi connectivity index (χ0n) is 46.3. The maximum atomic E-state index is 7.53. The van der Waals surface area contributed by atoms with E-state index in [0.29, 0.717) is 0 Å². The van der Waals surface area contributed by atoms with E-state index in [1.54, 1.807) is 0 Å². The predicted octanol–water partition coefficient (Wildman–Crippen LogP) is 19.1. The van der Waals surface area contributed by atoms with Crippen molar-refractivity contribution in [3.63, 3.8) is 0 Å². The van der Waals surface area contributed by atoms with E-state index < -0.39 is 0 Å². The first-order valence-corrected chi connectivity index (χ1v) is 28.0. The topological polar surface area (TPSA) is 59.0 Å². The normalized spacial score (nSPS) is 13.3. The van der Waals surface area contributed by atoms with Crippen LogP contribution in [0, 0.1) is 0 Å². The Morgan fingerprint density at radius 2 is 0.787 bits per heavy atom. The molecule has 2 aliphatic rings. The molecule has 2 aliphatic heterocycles. The second kappa shape index (κ2) is 17.7. The Kier molecular flexibility index (Phi) is 10.6. The third kappa shape index (κ3) is 7.54. The lowest BCUT2D eigenvalue weighted by Crippen LogP contribution is -2.61. The lowest BCUT2D eigenvalue weighted by atomic mass is 9.33. The van der Waals surface area contributed by atoms with Gasteiger partial charge in [0.05, 0.1) is 11.4 Å². The van der Waals surface area contributed by atoms with Crippen LogP contribution in [0.15, 0.2) is 224 Å². The van der Waals surface area contributed by atoms with Crippen molar-refractivity contribution in [2.75, 3.05) is 9.80 Å². The summed E-state index contributed by atoms with van der Waals surface area (Å²) in [4.78, 5) is 4.87. The third-order valence-electron chi connectivity index (χ3n) is 16.8. The molecule has 0 N–H and O–H groups in total. The predicted molar refractivity (Wildman–Crippen MR) is 333 cm³/mol.